The highest BCUT2D eigenvalue weighted by Crippen LogP contribution is 2.33. The van der Waals surface area contributed by atoms with Gasteiger partial charge in [-0.1, -0.05) is 17.7 Å². The van der Waals surface area contributed by atoms with Crippen LogP contribution in [0.4, 0.5) is 4.79 Å². The number of halogens is 2. The third-order valence-electron chi connectivity index (χ3n) is 6.84. The quantitative estimate of drug-likeness (QED) is 0.266. The molecule has 0 bridgehead atoms. The lowest BCUT2D eigenvalue weighted by Gasteiger charge is -2.50. The molecule has 1 fully saturated rings. The highest BCUT2D eigenvalue weighted by molar-refractivity contribution is 6.32. The number of carbonyl (C=O) groups excluding carboxylic acids is 1. The van der Waals surface area contributed by atoms with Gasteiger partial charge in [0, 0.05) is 42.4 Å². The fraction of sp³-hybridized carbons (Fsp3) is 0.484. The van der Waals surface area contributed by atoms with E-state index in [4.69, 9.17) is 32.7 Å². The lowest BCUT2D eigenvalue weighted by molar-refractivity contribution is -0.0415. The minimum absolute atomic E-state index is 0.142. The van der Waals surface area contributed by atoms with Gasteiger partial charge >= 0.3 is 6.09 Å². The third-order valence-corrected chi connectivity index (χ3v) is 7.27. The zero-order valence-corrected chi connectivity index (χ0v) is 25.6. The van der Waals surface area contributed by atoms with Crippen LogP contribution in [0.1, 0.15) is 52.7 Å². The molecule has 0 spiro atoms. The molecule has 1 aliphatic rings. The second kappa shape index (κ2) is 11.9. The van der Waals surface area contributed by atoms with Gasteiger partial charge in [0.25, 0.3) is 0 Å². The highest BCUT2D eigenvalue weighted by Gasteiger charge is 2.41. The predicted octanol–water partition coefficient (Wildman–Crippen LogP) is 7.04. The number of carbonyl (C=O) groups is 1. The summed E-state index contributed by atoms with van der Waals surface area (Å²) < 4.78 is 13.3. The molecule has 0 saturated carbocycles. The van der Waals surface area contributed by atoms with Crippen LogP contribution in [-0.4, -0.2) is 69.8 Å². The number of amides is 1. The Labute approximate surface area is 247 Å². The SMILES string of the molecule is CC(C)(C)OC(=O)N(C1CN(CCc2ccc3c(ccn3-c3cc(Cl)c(OCCCl)c(C#N)c3)c2)C1)C(C)(C)C. The van der Waals surface area contributed by atoms with E-state index in [1.165, 1.54) is 5.56 Å². The Kier molecular flexibility index (Phi) is 8.94. The molecule has 0 atom stereocenters. The molecule has 3 aromatic rings. The van der Waals surface area contributed by atoms with Gasteiger partial charge in [0.1, 0.15) is 18.3 Å². The van der Waals surface area contributed by atoms with E-state index in [9.17, 15) is 10.1 Å². The number of nitriles is 1. The molecule has 0 radical (unpaired) electrons. The molecule has 2 aromatic carbocycles. The third kappa shape index (κ3) is 6.86. The van der Waals surface area contributed by atoms with Crippen LogP contribution in [0, 0.1) is 11.3 Å². The molecule has 214 valence electrons. The molecule has 1 amide bonds. The first kappa shape index (κ1) is 30.0. The number of hydrogen-bond acceptors (Lipinski definition) is 5. The minimum Gasteiger partial charge on any atom is -0.489 e. The van der Waals surface area contributed by atoms with Gasteiger partial charge in [-0.05, 0) is 83.9 Å². The predicted molar refractivity (Wildman–Crippen MR) is 161 cm³/mol. The number of hydrogen-bond donors (Lipinski definition) is 0. The summed E-state index contributed by atoms with van der Waals surface area (Å²) in [4.78, 5) is 17.2. The number of aromatic nitrogens is 1. The summed E-state index contributed by atoms with van der Waals surface area (Å²) in [7, 11) is 0. The molecule has 1 saturated heterocycles. The normalized spacial score (nSPS) is 14.6. The van der Waals surface area contributed by atoms with E-state index in [1.807, 2.05) is 36.4 Å². The van der Waals surface area contributed by atoms with E-state index in [0.717, 1.165) is 42.6 Å². The summed E-state index contributed by atoms with van der Waals surface area (Å²) in [6, 6.07) is 14.4. The highest BCUT2D eigenvalue weighted by atomic mass is 35.5. The first-order valence-corrected chi connectivity index (χ1v) is 14.5. The molecule has 1 aromatic heterocycles. The van der Waals surface area contributed by atoms with Crippen LogP contribution in [0.3, 0.4) is 0 Å². The van der Waals surface area contributed by atoms with Gasteiger partial charge in [0.2, 0.25) is 0 Å². The van der Waals surface area contributed by atoms with Crippen molar-refractivity contribution in [3.05, 3.63) is 58.7 Å². The van der Waals surface area contributed by atoms with Crippen LogP contribution in [0.15, 0.2) is 42.6 Å². The summed E-state index contributed by atoms with van der Waals surface area (Å²) in [6.45, 7) is 14.7. The molecular formula is C31H38Cl2N4O3. The van der Waals surface area contributed by atoms with Crippen LogP contribution in [0.5, 0.6) is 5.75 Å². The van der Waals surface area contributed by atoms with Crippen molar-refractivity contribution in [3.8, 4) is 17.5 Å². The molecular weight excluding hydrogens is 547 g/mol. The van der Waals surface area contributed by atoms with Crippen molar-refractivity contribution < 1.29 is 14.3 Å². The number of fused-ring (bicyclic) bond motifs is 1. The summed E-state index contributed by atoms with van der Waals surface area (Å²) >= 11 is 12.2. The van der Waals surface area contributed by atoms with Gasteiger partial charge in [0.15, 0.2) is 5.75 Å². The molecule has 2 heterocycles. The first-order valence-electron chi connectivity index (χ1n) is 13.6. The van der Waals surface area contributed by atoms with Crippen LogP contribution in [-0.2, 0) is 11.2 Å². The van der Waals surface area contributed by atoms with Crippen LogP contribution >= 0.6 is 23.2 Å². The molecule has 0 N–H and O–H groups in total. The van der Waals surface area contributed by atoms with E-state index in [-0.39, 0.29) is 24.3 Å². The average molecular weight is 586 g/mol. The first-order chi connectivity index (χ1) is 18.8. The molecule has 1 aliphatic heterocycles. The van der Waals surface area contributed by atoms with Gasteiger partial charge < -0.3 is 14.0 Å². The number of rotatable bonds is 8. The van der Waals surface area contributed by atoms with Crippen LogP contribution in [0.25, 0.3) is 16.6 Å². The standard InChI is InChI=1S/C31H38Cl2N4O3/c1-30(2,3)37(29(38)40-31(4,5)6)25-19-35(20-25)12-9-21-7-8-27-22(15-21)10-13-36(27)24-16-23(18-34)28(26(33)17-24)39-14-11-32/h7-8,10,13,15-17,25H,9,11-12,14,19-20H2,1-6H3. The lowest BCUT2D eigenvalue weighted by atomic mass is 9.98. The number of ether oxygens (including phenoxy) is 2. The van der Waals surface area contributed by atoms with E-state index < -0.39 is 5.60 Å². The number of benzene rings is 2. The minimum atomic E-state index is -0.520. The fourth-order valence-corrected chi connectivity index (χ4v) is 5.46. The second-order valence-corrected chi connectivity index (χ2v) is 13.0. The van der Waals surface area contributed by atoms with Crippen molar-refractivity contribution in [3.63, 3.8) is 0 Å². The van der Waals surface area contributed by atoms with E-state index in [0.29, 0.717) is 22.2 Å². The zero-order chi connectivity index (χ0) is 29.2. The van der Waals surface area contributed by atoms with Crippen molar-refractivity contribution >= 4 is 40.2 Å². The lowest BCUT2D eigenvalue weighted by Crippen LogP contribution is -2.65. The summed E-state index contributed by atoms with van der Waals surface area (Å²) in [5.74, 6) is 0.671. The molecule has 0 unspecified atom stereocenters. The van der Waals surface area contributed by atoms with Crippen molar-refractivity contribution in [2.45, 2.75) is 65.1 Å². The molecule has 0 aliphatic carbocycles. The Hall–Kier alpha value is -2.92. The van der Waals surface area contributed by atoms with Crippen molar-refractivity contribution in [2.24, 2.45) is 0 Å². The van der Waals surface area contributed by atoms with Gasteiger partial charge in [-0.3, -0.25) is 9.80 Å². The zero-order valence-electron chi connectivity index (χ0n) is 24.1. The number of alkyl halides is 1. The fourth-order valence-electron chi connectivity index (χ4n) is 5.12. The van der Waals surface area contributed by atoms with Crippen molar-refractivity contribution in [1.29, 1.82) is 5.26 Å². The molecule has 7 nitrogen and oxygen atoms in total. The molecule has 4 rings (SSSR count). The van der Waals surface area contributed by atoms with Crippen LogP contribution in [0.2, 0.25) is 5.02 Å². The number of likely N-dealkylation sites (tertiary alicyclic amines) is 1. The van der Waals surface area contributed by atoms with Crippen molar-refractivity contribution in [1.82, 2.24) is 14.4 Å². The largest absolute Gasteiger partial charge is 0.489 e. The Morgan fingerprint density at radius 2 is 1.85 bits per heavy atom. The topological polar surface area (TPSA) is 70.7 Å². The Bertz CT molecular complexity index is 1410. The van der Waals surface area contributed by atoms with E-state index in [1.54, 1.807) is 12.1 Å². The van der Waals surface area contributed by atoms with Gasteiger partial charge in [-0.25, -0.2) is 4.79 Å². The monoisotopic (exact) mass is 584 g/mol. The van der Waals surface area contributed by atoms with Crippen molar-refractivity contribution in [2.75, 3.05) is 32.1 Å². The molecule has 40 heavy (non-hydrogen) atoms. The Morgan fingerprint density at radius 3 is 2.48 bits per heavy atom. The second-order valence-electron chi connectivity index (χ2n) is 12.2. The Morgan fingerprint density at radius 1 is 1.12 bits per heavy atom. The molecule has 9 heteroatoms. The number of nitrogens with zero attached hydrogens (tertiary/aromatic N) is 4. The summed E-state index contributed by atoms with van der Waals surface area (Å²) in [6.07, 6.45) is 2.64. The van der Waals surface area contributed by atoms with Gasteiger partial charge in [-0.15, -0.1) is 11.6 Å². The van der Waals surface area contributed by atoms with E-state index in [2.05, 4.69) is 56.0 Å². The van der Waals surface area contributed by atoms with Gasteiger partial charge in [0.05, 0.1) is 28.0 Å². The summed E-state index contributed by atoms with van der Waals surface area (Å²) in [5.41, 5.74) is 2.61. The smallest absolute Gasteiger partial charge is 0.411 e. The maximum Gasteiger partial charge on any atom is 0.411 e. The van der Waals surface area contributed by atoms with Gasteiger partial charge in [-0.2, -0.15) is 5.26 Å². The maximum atomic E-state index is 12.9. The summed E-state index contributed by atoms with van der Waals surface area (Å²) in [5, 5.41) is 11.1. The maximum absolute atomic E-state index is 12.9. The van der Waals surface area contributed by atoms with E-state index >= 15 is 0 Å². The average Bonchev–Trinajstić information content (AvgIpc) is 3.25. The Balaban J connectivity index is 1.41. The van der Waals surface area contributed by atoms with Crippen LogP contribution < -0.4 is 4.74 Å².